The zero-order valence-corrected chi connectivity index (χ0v) is 18.8. The number of primary amides is 1. The number of nitrogens with two attached hydrogens (primary N) is 1. The Morgan fingerprint density at radius 3 is 1.17 bits per heavy atom. The first kappa shape index (κ1) is 27.7. The normalized spacial score (nSPS) is 11.3. The quantitative estimate of drug-likeness (QED) is 0.137. The summed E-state index contributed by atoms with van der Waals surface area (Å²) in [6.45, 7) is 0. The lowest BCUT2D eigenvalue weighted by Crippen LogP contribution is -2.05. The minimum atomic E-state index is -0.662. The molecule has 0 atom stereocenters. The lowest BCUT2D eigenvalue weighted by atomic mass is 10.0. The second-order valence-corrected chi connectivity index (χ2v) is 8.45. The number of carboxylic acids is 1. The van der Waals surface area contributed by atoms with Crippen molar-refractivity contribution in [2.75, 3.05) is 0 Å². The molecule has 0 saturated heterocycles. The van der Waals surface area contributed by atoms with Gasteiger partial charge in [0, 0.05) is 6.42 Å². The summed E-state index contributed by atoms with van der Waals surface area (Å²) in [5.41, 5.74) is 5.05. The maximum Gasteiger partial charge on any atom is 0.303 e. The molecule has 0 rings (SSSR count). The Morgan fingerprint density at radius 2 is 0.862 bits per heavy atom. The van der Waals surface area contributed by atoms with Crippen molar-refractivity contribution in [2.24, 2.45) is 5.73 Å². The summed E-state index contributed by atoms with van der Waals surface area (Å²) in [6.07, 6.45) is 29.3. The Morgan fingerprint density at radius 1 is 0.552 bits per heavy atom. The Kier molecular flexibility index (Phi) is 21.9. The highest BCUT2D eigenvalue weighted by atomic mass is 16.4. The van der Waals surface area contributed by atoms with Gasteiger partial charge >= 0.3 is 5.97 Å². The van der Waals surface area contributed by atoms with Crippen molar-refractivity contribution in [3.05, 3.63) is 12.2 Å². The van der Waals surface area contributed by atoms with Crippen LogP contribution < -0.4 is 5.73 Å². The molecule has 0 aliphatic heterocycles. The number of unbranched alkanes of at least 4 members (excludes halogenated alkanes) is 19. The van der Waals surface area contributed by atoms with Crippen molar-refractivity contribution in [3.63, 3.8) is 0 Å². The van der Waals surface area contributed by atoms with Crippen molar-refractivity contribution in [1.29, 1.82) is 0 Å². The fourth-order valence-electron chi connectivity index (χ4n) is 3.74. The summed E-state index contributed by atoms with van der Waals surface area (Å²) in [7, 11) is 0. The third-order valence-electron chi connectivity index (χ3n) is 5.54. The zero-order valence-electron chi connectivity index (χ0n) is 18.8. The van der Waals surface area contributed by atoms with Gasteiger partial charge in [0.1, 0.15) is 0 Å². The smallest absolute Gasteiger partial charge is 0.303 e. The molecule has 0 fully saturated rings. The van der Waals surface area contributed by atoms with E-state index < -0.39 is 5.97 Å². The number of hydrogen-bond donors (Lipinski definition) is 2. The average molecular weight is 410 g/mol. The third-order valence-corrected chi connectivity index (χ3v) is 5.54. The number of hydrogen-bond acceptors (Lipinski definition) is 2. The van der Waals surface area contributed by atoms with E-state index >= 15 is 0 Å². The number of amides is 1. The Hall–Kier alpha value is -1.32. The molecule has 0 saturated carbocycles. The fourth-order valence-corrected chi connectivity index (χ4v) is 3.74. The van der Waals surface area contributed by atoms with Gasteiger partial charge in [-0.05, 0) is 25.3 Å². The number of carbonyl (C=O) groups excluding carboxylic acids is 1. The largest absolute Gasteiger partial charge is 0.481 e. The van der Waals surface area contributed by atoms with E-state index in [1.165, 1.54) is 109 Å². The van der Waals surface area contributed by atoms with Crippen LogP contribution in [0, 0.1) is 0 Å². The average Bonchev–Trinajstić information content (AvgIpc) is 2.68. The molecule has 0 heterocycles. The van der Waals surface area contributed by atoms with Gasteiger partial charge in [0.15, 0.2) is 0 Å². The Labute approximate surface area is 179 Å². The van der Waals surface area contributed by atoms with Crippen molar-refractivity contribution in [3.8, 4) is 0 Å². The Balaban J connectivity index is 3.05. The van der Waals surface area contributed by atoms with Crippen molar-refractivity contribution >= 4 is 11.9 Å². The number of rotatable bonds is 23. The minimum Gasteiger partial charge on any atom is -0.481 e. The van der Waals surface area contributed by atoms with Gasteiger partial charge in [-0.1, -0.05) is 115 Å². The first-order chi connectivity index (χ1) is 14.1. The van der Waals surface area contributed by atoms with Crippen LogP contribution in [0.3, 0.4) is 0 Å². The summed E-state index contributed by atoms with van der Waals surface area (Å²) in [5, 5.41) is 8.58. The zero-order chi connectivity index (χ0) is 21.4. The highest BCUT2D eigenvalue weighted by molar-refractivity contribution is 5.85. The standard InChI is InChI=1S/C25H47NO3/c26-24(27)22-20-18-16-14-12-10-8-6-4-2-1-3-5-7-9-11-13-15-17-19-21-23-25(28)29/h20,22H,1-19,21,23H2,(H2,26,27)(H,28,29). The van der Waals surface area contributed by atoms with Crippen LogP contribution in [0.5, 0.6) is 0 Å². The summed E-state index contributed by atoms with van der Waals surface area (Å²) in [5.74, 6) is -1.01. The fraction of sp³-hybridized carbons (Fsp3) is 0.840. The van der Waals surface area contributed by atoms with E-state index in [1.807, 2.05) is 6.08 Å². The molecular weight excluding hydrogens is 362 g/mol. The van der Waals surface area contributed by atoms with Gasteiger partial charge in [-0.2, -0.15) is 0 Å². The number of carboxylic acid groups (broad SMARTS) is 1. The second-order valence-electron chi connectivity index (χ2n) is 8.45. The molecule has 0 aromatic carbocycles. The van der Waals surface area contributed by atoms with E-state index in [1.54, 1.807) is 0 Å². The summed E-state index contributed by atoms with van der Waals surface area (Å²) < 4.78 is 0. The molecule has 4 heteroatoms. The van der Waals surface area contributed by atoms with Crippen molar-refractivity contribution in [2.45, 2.75) is 135 Å². The van der Waals surface area contributed by atoms with Crippen LogP contribution in [0.2, 0.25) is 0 Å². The summed E-state index contributed by atoms with van der Waals surface area (Å²) >= 11 is 0. The molecule has 0 unspecified atom stereocenters. The van der Waals surface area contributed by atoms with E-state index in [2.05, 4.69) is 0 Å². The summed E-state index contributed by atoms with van der Waals surface area (Å²) in [6, 6.07) is 0. The van der Waals surface area contributed by atoms with Crippen LogP contribution in [0.1, 0.15) is 135 Å². The minimum absolute atomic E-state index is 0.332. The van der Waals surface area contributed by atoms with Crippen LogP contribution in [0.15, 0.2) is 12.2 Å². The maximum atomic E-state index is 10.5. The van der Waals surface area contributed by atoms with Gasteiger partial charge in [-0.25, -0.2) is 0 Å². The first-order valence-corrected chi connectivity index (χ1v) is 12.3. The third kappa shape index (κ3) is 26.7. The molecule has 0 bridgehead atoms. The van der Waals surface area contributed by atoms with Crippen LogP contribution in [0.4, 0.5) is 0 Å². The lowest BCUT2D eigenvalue weighted by molar-refractivity contribution is -0.137. The summed E-state index contributed by atoms with van der Waals surface area (Å²) in [4.78, 5) is 21.0. The molecule has 0 aromatic heterocycles. The topological polar surface area (TPSA) is 80.4 Å². The van der Waals surface area contributed by atoms with E-state index in [0.717, 1.165) is 25.7 Å². The van der Waals surface area contributed by atoms with Gasteiger partial charge in [0.25, 0.3) is 0 Å². The lowest BCUT2D eigenvalue weighted by Gasteiger charge is -2.04. The predicted molar refractivity (Wildman–Crippen MR) is 123 cm³/mol. The van der Waals surface area contributed by atoms with Crippen molar-refractivity contribution in [1.82, 2.24) is 0 Å². The van der Waals surface area contributed by atoms with Crippen LogP contribution >= 0.6 is 0 Å². The molecular formula is C25H47NO3. The number of carbonyl (C=O) groups is 2. The van der Waals surface area contributed by atoms with Crippen LogP contribution in [-0.4, -0.2) is 17.0 Å². The predicted octanol–water partition coefficient (Wildman–Crippen LogP) is 7.30. The molecule has 29 heavy (non-hydrogen) atoms. The van der Waals surface area contributed by atoms with Gasteiger partial charge < -0.3 is 10.8 Å². The molecule has 170 valence electrons. The Bertz CT molecular complexity index is 407. The SMILES string of the molecule is NC(=O)C=CCCCCCCCCCCCCCCCCCCCCCC(=O)O. The molecule has 0 spiro atoms. The van der Waals surface area contributed by atoms with E-state index in [4.69, 9.17) is 10.8 Å². The number of aliphatic carboxylic acids is 1. The van der Waals surface area contributed by atoms with Gasteiger partial charge in [-0.3, -0.25) is 9.59 Å². The van der Waals surface area contributed by atoms with E-state index in [-0.39, 0.29) is 5.91 Å². The van der Waals surface area contributed by atoms with E-state index in [9.17, 15) is 9.59 Å². The maximum absolute atomic E-state index is 10.5. The highest BCUT2D eigenvalue weighted by Gasteiger charge is 1.97. The molecule has 0 aromatic rings. The molecule has 0 radical (unpaired) electrons. The van der Waals surface area contributed by atoms with Crippen LogP contribution in [0.25, 0.3) is 0 Å². The molecule has 4 nitrogen and oxygen atoms in total. The molecule has 3 N–H and O–H groups in total. The molecule has 1 amide bonds. The van der Waals surface area contributed by atoms with Gasteiger partial charge in [0.05, 0.1) is 0 Å². The van der Waals surface area contributed by atoms with E-state index in [0.29, 0.717) is 6.42 Å². The highest BCUT2D eigenvalue weighted by Crippen LogP contribution is 2.15. The second kappa shape index (κ2) is 23.0. The monoisotopic (exact) mass is 409 g/mol. The van der Waals surface area contributed by atoms with Gasteiger partial charge in [-0.15, -0.1) is 0 Å². The van der Waals surface area contributed by atoms with Crippen LogP contribution in [-0.2, 0) is 9.59 Å². The van der Waals surface area contributed by atoms with Gasteiger partial charge in [0.2, 0.25) is 5.91 Å². The molecule has 0 aliphatic carbocycles. The first-order valence-electron chi connectivity index (χ1n) is 12.3. The molecule has 0 aliphatic rings. The number of allylic oxidation sites excluding steroid dienone is 1. The van der Waals surface area contributed by atoms with Crippen molar-refractivity contribution < 1.29 is 14.7 Å².